The third kappa shape index (κ3) is 2.34. The summed E-state index contributed by atoms with van der Waals surface area (Å²) in [6.07, 6.45) is 1.28. The molecule has 0 spiro atoms. The molecule has 0 saturated heterocycles. The van der Waals surface area contributed by atoms with Crippen LogP contribution in [0.2, 0.25) is 0 Å². The van der Waals surface area contributed by atoms with Gasteiger partial charge in [-0.1, -0.05) is 28.1 Å². The highest BCUT2D eigenvalue weighted by molar-refractivity contribution is 9.10. The molecule has 0 fully saturated rings. The van der Waals surface area contributed by atoms with E-state index < -0.39 is 11.8 Å². The van der Waals surface area contributed by atoms with Gasteiger partial charge in [-0.25, -0.2) is 0 Å². The van der Waals surface area contributed by atoms with Gasteiger partial charge in [0.15, 0.2) is 0 Å². The smallest absolute Gasteiger partial charge is 0.282 e. The van der Waals surface area contributed by atoms with Crippen LogP contribution in [-0.2, 0) is 0 Å². The van der Waals surface area contributed by atoms with E-state index in [9.17, 15) is 14.7 Å². The van der Waals surface area contributed by atoms with E-state index in [-0.39, 0.29) is 5.75 Å². The fraction of sp³-hybridized carbons (Fsp3) is 0. The predicted octanol–water partition coefficient (Wildman–Crippen LogP) is 2.78. The molecule has 2 aromatic carbocycles. The number of nitrogens with zero attached hydrogens (tertiary/aromatic N) is 2. The molecule has 1 aliphatic rings. The highest BCUT2D eigenvalue weighted by Gasteiger charge is 2.35. The fourth-order valence-electron chi connectivity index (χ4n) is 2.03. The Morgan fingerprint density at radius 1 is 1.05 bits per heavy atom. The minimum atomic E-state index is -0.471. The second-order valence-electron chi connectivity index (χ2n) is 4.42. The number of hydrazone groups is 1. The Morgan fingerprint density at radius 3 is 2.29 bits per heavy atom. The Bertz CT molecular complexity index is 751. The van der Waals surface area contributed by atoms with Crippen LogP contribution in [0.5, 0.6) is 5.75 Å². The lowest BCUT2D eigenvalue weighted by molar-refractivity contribution is 0.0660. The van der Waals surface area contributed by atoms with Gasteiger partial charge in [0.25, 0.3) is 11.8 Å². The van der Waals surface area contributed by atoms with Crippen LogP contribution in [-0.4, -0.2) is 28.1 Å². The first-order valence-corrected chi connectivity index (χ1v) is 6.87. The number of rotatable bonds is 2. The van der Waals surface area contributed by atoms with Gasteiger partial charge in [-0.15, -0.1) is 0 Å². The second kappa shape index (κ2) is 5.14. The summed E-state index contributed by atoms with van der Waals surface area (Å²) in [6, 6.07) is 11.4. The molecule has 5 nitrogen and oxygen atoms in total. The summed E-state index contributed by atoms with van der Waals surface area (Å²) in [5.74, 6) is -0.929. The number of hydrogen-bond acceptors (Lipinski definition) is 4. The molecule has 21 heavy (non-hydrogen) atoms. The quantitative estimate of drug-likeness (QED) is 0.672. The first kappa shape index (κ1) is 13.5. The van der Waals surface area contributed by atoms with Crippen molar-refractivity contribution in [1.82, 2.24) is 5.01 Å². The van der Waals surface area contributed by atoms with E-state index in [1.807, 2.05) is 0 Å². The van der Waals surface area contributed by atoms with Gasteiger partial charge in [-0.2, -0.15) is 10.1 Å². The van der Waals surface area contributed by atoms with Crippen molar-refractivity contribution in [2.45, 2.75) is 0 Å². The van der Waals surface area contributed by atoms with Gasteiger partial charge in [-0.3, -0.25) is 9.59 Å². The molecule has 104 valence electrons. The number of phenolic OH excluding ortho intramolecular Hbond substituents is 1. The number of amides is 2. The van der Waals surface area contributed by atoms with E-state index in [2.05, 4.69) is 21.0 Å². The number of aromatic hydroxyl groups is 1. The van der Waals surface area contributed by atoms with Crippen molar-refractivity contribution in [3.63, 3.8) is 0 Å². The molecule has 6 heteroatoms. The number of benzene rings is 2. The molecule has 0 bridgehead atoms. The molecule has 0 radical (unpaired) electrons. The molecule has 0 atom stereocenters. The van der Waals surface area contributed by atoms with E-state index in [4.69, 9.17) is 0 Å². The molecule has 2 aromatic rings. The van der Waals surface area contributed by atoms with E-state index in [0.717, 1.165) is 9.48 Å². The Balaban J connectivity index is 1.93. The van der Waals surface area contributed by atoms with Gasteiger partial charge in [0.05, 0.1) is 17.3 Å². The molecule has 0 aliphatic carbocycles. The van der Waals surface area contributed by atoms with Gasteiger partial charge in [-0.05, 0) is 30.3 Å². The van der Waals surface area contributed by atoms with E-state index in [0.29, 0.717) is 16.7 Å². The first-order chi connectivity index (χ1) is 10.1. The van der Waals surface area contributed by atoms with Gasteiger partial charge in [0, 0.05) is 10.0 Å². The summed E-state index contributed by atoms with van der Waals surface area (Å²) < 4.78 is 0.754. The lowest BCUT2D eigenvalue weighted by Crippen LogP contribution is -2.24. The van der Waals surface area contributed by atoms with Crippen LogP contribution in [0, 0.1) is 0 Å². The van der Waals surface area contributed by atoms with Crippen molar-refractivity contribution in [2.24, 2.45) is 5.10 Å². The summed E-state index contributed by atoms with van der Waals surface area (Å²) in [5.41, 5.74) is 1.07. The molecule has 1 heterocycles. The maximum absolute atomic E-state index is 12.1. The van der Waals surface area contributed by atoms with Gasteiger partial charge < -0.3 is 5.11 Å². The lowest BCUT2D eigenvalue weighted by Gasteiger charge is -2.06. The van der Waals surface area contributed by atoms with Gasteiger partial charge >= 0.3 is 0 Å². The third-order valence-corrected chi connectivity index (χ3v) is 3.57. The molecule has 1 aliphatic heterocycles. The minimum absolute atomic E-state index is 0.0126. The van der Waals surface area contributed by atoms with Crippen molar-refractivity contribution < 1.29 is 14.7 Å². The number of carbonyl (C=O) groups excluding carboxylic acids is 2. The van der Waals surface area contributed by atoms with Crippen molar-refractivity contribution in [3.8, 4) is 5.75 Å². The van der Waals surface area contributed by atoms with Crippen LogP contribution in [0.15, 0.2) is 52.0 Å². The maximum Gasteiger partial charge on any atom is 0.282 e. The number of carbonyl (C=O) groups is 2. The first-order valence-electron chi connectivity index (χ1n) is 6.08. The Morgan fingerprint density at radius 2 is 1.67 bits per heavy atom. The number of hydrogen-bond donors (Lipinski definition) is 1. The Labute approximate surface area is 128 Å². The van der Waals surface area contributed by atoms with Crippen LogP contribution in [0.4, 0.5) is 0 Å². The lowest BCUT2D eigenvalue weighted by atomic mass is 10.1. The van der Waals surface area contributed by atoms with Gasteiger partial charge in [0.1, 0.15) is 5.75 Å². The zero-order valence-corrected chi connectivity index (χ0v) is 12.2. The van der Waals surface area contributed by atoms with Crippen molar-refractivity contribution >= 4 is 34.0 Å². The van der Waals surface area contributed by atoms with Crippen LogP contribution in [0.1, 0.15) is 26.3 Å². The monoisotopic (exact) mass is 344 g/mol. The number of fused-ring (bicyclic) bond motifs is 1. The molecule has 1 N–H and O–H groups in total. The molecule has 0 unspecified atom stereocenters. The third-order valence-electron chi connectivity index (χ3n) is 3.07. The highest BCUT2D eigenvalue weighted by atomic mass is 79.9. The average molecular weight is 345 g/mol. The molecular formula is C15H9BrN2O3. The summed E-state index contributed by atoms with van der Waals surface area (Å²) in [5, 5.41) is 14.4. The Kier molecular flexibility index (Phi) is 3.31. The average Bonchev–Trinajstić information content (AvgIpc) is 2.73. The number of phenols is 1. The van der Waals surface area contributed by atoms with Crippen molar-refractivity contribution in [3.05, 3.63) is 63.6 Å². The highest BCUT2D eigenvalue weighted by Crippen LogP contribution is 2.24. The van der Waals surface area contributed by atoms with Crippen molar-refractivity contribution in [2.75, 3.05) is 0 Å². The molecule has 0 saturated carbocycles. The largest absolute Gasteiger partial charge is 0.507 e. The fourth-order valence-corrected chi connectivity index (χ4v) is 2.41. The van der Waals surface area contributed by atoms with E-state index >= 15 is 0 Å². The minimum Gasteiger partial charge on any atom is -0.507 e. The summed E-state index contributed by atoms with van der Waals surface area (Å²) in [7, 11) is 0. The SMILES string of the molecule is O=C1c2ccccc2C(=O)N1/N=C/c1cc(Br)ccc1O. The summed E-state index contributed by atoms with van der Waals surface area (Å²) >= 11 is 3.28. The number of imide groups is 1. The van der Waals surface area contributed by atoms with Gasteiger partial charge in [0.2, 0.25) is 0 Å². The maximum atomic E-state index is 12.1. The zero-order valence-electron chi connectivity index (χ0n) is 10.7. The van der Waals surface area contributed by atoms with E-state index in [1.165, 1.54) is 12.3 Å². The zero-order chi connectivity index (χ0) is 15.0. The molecule has 2 amide bonds. The van der Waals surface area contributed by atoms with Crippen LogP contribution < -0.4 is 0 Å². The van der Waals surface area contributed by atoms with Crippen molar-refractivity contribution in [1.29, 1.82) is 0 Å². The topological polar surface area (TPSA) is 70.0 Å². The van der Waals surface area contributed by atoms with Crippen LogP contribution in [0.25, 0.3) is 0 Å². The molecular weight excluding hydrogens is 336 g/mol. The summed E-state index contributed by atoms with van der Waals surface area (Å²) in [4.78, 5) is 24.2. The second-order valence-corrected chi connectivity index (χ2v) is 5.33. The molecule has 3 rings (SSSR count). The molecule has 0 aromatic heterocycles. The normalized spacial score (nSPS) is 14.0. The predicted molar refractivity (Wildman–Crippen MR) is 80.3 cm³/mol. The number of halogens is 1. The Hall–Kier alpha value is -2.47. The standard InChI is InChI=1S/C15H9BrN2O3/c16-10-5-6-13(19)9(7-10)8-17-18-14(20)11-3-1-2-4-12(11)15(18)21/h1-8,19H/b17-8+. The van der Waals surface area contributed by atoms with Crippen LogP contribution >= 0.6 is 15.9 Å². The van der Waals surface area contributed by atoms with Crippen LogP contribution in [0.3, 0.4) is 0 Å². The van der Waals surface area contributed by atoms with E-state index in [1.54, 1.807) is 36.4 Å². The summed E-state index contributed by atoms with van der Waals surface area (Å²) in [6.45, 7) is 0.